The molecule has 1 saturated heterocycles. The molecule has 2 rings (SSSR count). The number of hydrogen-bond donors (Lipinski definition) is 1. The third kappa shape index (κ3) is 2.81. The first-order valence-electron chi connectivity index (χ1n) is 5.34. The first kappa shape index (κ1) is 11.6. The van der Waals surface area contributed by atoms with E-state index in [-0.39, 0.29) is 12.1 Å². The zero-order chi connectivity index (χ0) is 11.4. The van der Waals surface area contributed by atoms with Crippen molar-refractivity contribution >= 4 is 17.3 Å². The highest BCUT2D eigenvalue weighted by Crippen LogP contribution is 2.20. The Balaban J connectivity index is 1.76. The average Bonchev–Trinajstić information content (AvgIpc) is 2.96. The van der Waals surface area contributed by atoms with Crippen molar-refractivity contribution in [3.63, 3.8) is 0 Å². The molecule has 1 aliphatic heterocycles. The van der Waals surface area contributed by atoms with Crippen LogP contribution >= 0.6 is 11.3 Å². The fourth-order valence-corrected chi connectivity index (χ4v) is 2.30. The third-order valence-corrected chi connectivity index (χ3v) is 3.42. The summed E-state index contributed by atoms with van der Waals surface area (Å²) >= 11 is 1.57. The van der Waals surface area contributed by atoms with Gasteiger partial charge in [-0.05, 0) is 24.3 Å². The lowest BCUT2D eigenvalue weighted by atomic mass is 10.2. The highest BCUT2D eigenvalue weighted by atomic mass is 32.1. The average molecular weight is 241 g/mol. The molecule has 1 aliphatic rings. The molecule has 2 unspecified atom stereocenters. The van der Waals surface area contributed by atoms with Crippen molar-refractivity contribution in [2.24, 2.45) is 5.73 Å². The predicted molar refractivity (Wildman–Crippen MR) is 61.1 cm³/mol. The van der Waals surface area contributed by atoms with Gasteiger partial charge in [-0.1, -0.05) is 6.07 Å². The van der Waals surface area contributed by atoms with Gasteiger partial charge in [0.05, 0.1) is 6.10 Å². The Morgan fingerprint density at radius 1 is 1.62 bits per heavy atom. The second-order valence-corrected chi connectivity index (χ2v) is 4.78. The van der Waals surface area contributed by atoms with Crippen LogP contribution in [0.4, 0.5) is 0 Å². The van der Waals surface area contributed by atoms with Gasteiger partial charge in [-0.25, -0.2) is 4.79 Å². The van der Waals surface area contributed by atoms with Crippen LogP contribution < -0.4 is 5.73 Å². The maximum absolute atomic E-state index is 11.6. The van der Waals surface area contributed by atoms with Crippen LogP contribution in [0.1, 0.15) is 17.7 Å². The summed E-state index contributed by atoms with van der Waals surface area (Å²) < 4.78 is 10.6. The van der Waals surface area contributed by atoms with E-state index >= 15 is 0 Å². The van der Waals surface area contributed by atoms with Crippen molar-refractivity contribution in [3.8, 4) is 0 Å². The van der Waals surface area contributed by atoms with E-state index in [0.717, 1.165) is 11.3 Å². The normalized spacial score (nSPS) is 24.6. The zero-order valence-electron chi connectivity index (χ0n) is 8.93. The van der Waals surface area contributed by atoms with Crippen LogP contribution in [0.3, 0.4) is 0 Å². The van der Waals surface area contributed by atoms with Crippen LogP contribution in [0, 0.1) is 0 Å². The molecule has 0 saturated carbocycles. The quantitative estimate of drug-likeness (QED) is 0.807. The van der Waals surface area contributed by atoms with Gasteiger partial charge in [0.25, 0.3) is 0 Å². The number of nitrogens with two attached hydrogens (primary N) is 1. The minimum atomic E-state index is -0.423. The zero-order valence-corrected chi connectivity index (χ0v) is 9.74. The van der Waals surface area contributed by atoms with Crippen LogP contribution in [0.25, 0.3) is 0 Å². The molecule has 0 spiro atoms. The SMILES string of the molecule is NCC1CCC(C(=O)OCc2cccs2)O1. The van der Waals surface area contributed by atoms with Crippen LogP contribution in [-0.2, 0) is 20.9 Å². The molecule has 4 nitrogen and oxygen atoms in total. The molecule has 0 bridgehead atoms. The van der Waals surface area contributed by atoms with E-state index in [1.54, 1.807) is 11.3 Å². The second-order valence-electron chi connectivity index (χ2n) is 3.75. The molecule has 2 atom stereocenters. The van der Waals surface area contributed by atoms with E-state index in [4.69, 9.17) is 15.2 Å². The topological polar surface area (TPSA) is 61.6 Å². The van der Waals surface area contributed by atoms with Crippen molar-refractivity contribution < 1.29 is 14.3 Å². The lowest BCUT2D eigenvalue weighted by Crippen LogP contribution is -2.26. The van der Waals surface area contributed by atoms with Crippen LogP contribution in [-0.4, -0.2) is 24.7 Å². The van der Waals surface area contributed by atoms with Gasteiger partial charge in [0.1, 0.15) is 6.61 Å². The van der Waals surface area contributed by atoms with Crippen LogP contribution in [0.5, 0.6) is 0 Å². The lowest BCUT2D eigenvalue weighted by molar-refractivity contribution is -0.157. The number of ether oxygens (including phenoxy) is 2. The molecule has 0 amide bonds. The summed E-state index contributed by atoms with van der Waals surface area (Å²) in [4.78, 5) is 12.7. The number of rotatable bonds is 4. The van der Waals surface area contributed by atoms with Gasteiger partial charge >= 0.3 is 5.97 Å². The van der Waals surface area contributed by atoms with E-state index in [1.165, 1.54) is 0 Å². The largest absolute Gasteiger partial charge is 0.458 e. The third-order valence-electron chi connectivity index (χ3n) is 2.57. The van der Waals surface area contributed by atoms with Crippen LogP contribution in [0.15, 0.2) is 17.5 Å². The molecular formula is C11H15NO3S. The maximum atomic E-state index is 11.6. The van der Waals surface area contributed by atoms with E-state index < -0.39 is 6.10 Å². The van der Waals surface area contributed by atoms with Gasteiger partial charge in [-0.15, -0.1) is 11.3 Å². The molecule has 0 aliphatic carbocycles. The number of carbonyl (C=O) groups is 1. The van der Waals surface area contributed by atoms with E-state index in [1.807, 2.05) is 17.5 Å². The fraction of sp³-hybridized carbons (Fsp3) is 0.545. The van der Waals surface area contributed by atoms with E-state index in [2.05, 4.69) is 0 Å². The summed E-state index contributed by atoms with van der Waals surface area (Å²) in [5.74, 6) is -0.274. The van der Waals surface area contributed by atoms with E-state index in [0.29, 0.717) is 19.6 Å². The summed E-state index contributed by atoms with van der Waals surface area (Å²) in [7, 11) is 0. The van der Waals surface area contributed by atoms with Crippen molar-refractivity contribution in [1.82, 2.24) is 0 Å². The Bertz CT molecular complexity index is 339. The number of hydrogen-bond acceptors (Lipinski definition) is 5. The molecule has 1 fully saturated rings. The summed E-state index contributed by atoms with van der Waals surface area (Å²) in [5, 5.41) is 1.96. The monoisotopic (exact) mass is 241 g/mol. The molecule has 2 heterocycles. The number of carbonyl (C=O) groups excluding carboxylic acids is 1. The predicted octanol–water partition coefficient (Wildman–Crippen LogP) is 1.30. The van der Waals surface area contributed by atoms with Gasteiger partial charge in [0.15, 0.2) is 6.10 Å². The highest BCUT2D eigenvalue weighted by molar-refractivity contribution is 7.09. The molecule has 1 aromatic rings. The Kier molecular flexibility index (Phi) is 3.93. The molecule has 5 heteroatoms. The highest BCUT2D eigenvalue weighted by Gasteiger charge is 2.30. The van der Waals surface area contributed by atoms with Gasteiger partial charge in [-0.2, -0.15) is 0 Å². The minimum absolute atomic E-state index is 0.0132. The van der Waals surface area contributed by atoms with Gasteiger partial charge < -0.3 is 15.2 Å². The first-order chi connectivity index (χ1) is 7.79. The van der Waals surface area contributed by atoms with Crippen molar-refractivity contribution in [2.75, 3.05) is 6.54 Å². The Morgan fingerprint density at radius 3 is 3.12 bits per heavy atom. The van der Waals surface area contributed by atoms with Gasteiger partial charge in [-0.3, -0.25) is 0 Å². The fourth-order valence-electron chi connectivity index (χ4n) is 1.68. The van der Waals surface area contributed by atoms with Crippen LogP contribution in [0.2, 0.25) is 0 Å². The van der Waals surface area contributed by atoms with Crippen molar-refractivity contribution in [1.29, 1.82) is 0 Å². The summed E-state index contributed by atoms with van der Waals surface area (Å²) in [6.45, 7) is 0.804. The van der Waals surface area contributed by atoms with Crippen molar-refractivity contribution in [3.05, 3.63) is 22.4 Å². The van der Waals surface area contributed by atoms with Crippen molar-refractivity contribution in [2.45, 2.75) is 31.7 Å². The Morgan fingerprint density at radius 2 is 2.50 bits per heavy atom. The lowest BCUT2D eigenvalue weighted by Gasteiger charge is -2.11. The molecule has 2 N–H and O–H groups in total. The molecule has 0 aromatic carbocycles. The summed E-state index contributed by atoms with van der Waals surface area (Å²) in [5.41, 5.74) is 5.47. The molecule has 16 heavy (non-hydrogen) atoms. The smallest absolute Gasteiger partial charge is 0.335 e. The number of thiophene rings is 1. The standard InChI is InChI=1S/C11H15NO3S/c12-6-8-3-4-10(15-8)11(13)14-7-9-2-1-5-16-9/h1-2,5,8,10H,3-4,6-7,12H2. The molecule has 1 aromatic heterocycles. The Labute approximate surface area is 98.3 Å². The Hall–Kier alpha value is -0.910. The minimum Gasteiger partial charge on any atom is -0.458 e. The van der Waals surface area contributed by atoms with Gasteiger partial charge in [0, 0.05) is 11.4 Å². The van der Waals surface area contributed by atoms with Gasteiger partial charge in [0.2, 0.25) is 0 Å². The first-order valence-corrected chi connectivity index (χ1v) is 6.22. The molecular weight excluding hydrogens is 226 g/mol. The molecule has 0 radical (unpaired) electrons. The molecule has 88 valence electrons. The number of esters is 1. The summed E-state index contributed by atoms with van der Waals surface area (Å²) in [6.07, 6.45) is 1.15. The van der Waals surface area contributed by atoms with E-state index in [9.17, 15) is 4.79 Å². The second kappa shape index (κ2) is 5.43. The maximum Gasteiger partial charge on any atom is 0.335 e. The summed E-state index contributed by atoms with van der Waals surface area (Å²) in [6, 6.07) is 3.88.